The van der Waals surface area contributed by atoms with E-state index in [4.69, 9.17) is 0 Å². The van der Waals surface area contributed by atoms with Crippen LogP contribution in [0.5, 0.6) is 0 Å². The van der Waals surface area contributed by atoms with E-state index in [1.165, 1.54) is 19.3 Å². The van der Waals surface area contributed by atoms with Crippen LogP contribution in [0.15, 0.2) is 0 Å². The molecule has 2 unspecified atom stereocenters. The molecule has 1 N–H and O–H groups in total. The Morgan fingerprint density at radius 3 is 2.56 bits per heavy atom. The predicted molar refractivity (Wildman–Crippen MR) is 37.9 cm³/mol. The van der Waals surface area contributed by atoms with Gasteiger partial charge in [0, 0.05) is 0 Å². The molecule has 1 saturated carbocycles. The molecule has 0 heterocycles. The zero-order chi connectivity index (χ0) is 6.69. The molecular weight excluding hydrogens is 112 g/mol. The van der Waals surface area contributed by atoms with E-state index in [0.29, 0.717) is 5.92 Å². The molecule has 1 aliphatic carbocycles. The van der Waals surface area contributed by atoms with E-state index in [1.54, 1.807) is 0 Å². The minimum atomic E-state index is -0.118. The molecule has 0 saturated heterocycles. The van der Waals surface area contributed by atoms with E-state index < -0.39 is 0 Å². The van der Waals surface area contributed by atoms with Crippen molar-refractivity contribution < 1.29 is 5.11 Å². The van der Waals surface area contributed by atoms with Crippen LogP contribution in [0.1, 0.15) is 32.1 Å². The van der Waals surface area contributed by atoms with E-state index in [9.17, 15) is 5.11 Å². The summed E-state index contributed by atoms with van der Waals surface area (Å²) in [5, 5.41) is 9.30. The summed E-state index contributed by atoms with van der Waals surface area (Å²) in [5.41, 5.74) is 0. The Kier molecular flexibility index (Phi) is 2.52. The van der Waals surface area contributed by atoms with Crippen molar-refractivity contribution in [1.29, 1.82) is 0 Å². The minimum absolute atomic E-state index is 0.118. The number of hydrogen-bond donors (Lipinski definition) is 1. The fraction of sp³-hybridized carbons (Fsp3) is 0.875. The summed E-state index contributed by atoms with van der Waals surface area (Å²) in [5.74, 6) is 0.299. The van der Waals surface area contributed by atoms with Crippen molar-refractivity contribution in [2.24, 2.45) is 5.92 Å². The van der Waals surface area contributed by atoms with Crippen molar-refractivity contribution in [3.05, 3.63) is 6.92 Å². The molecule has 1 nitrogen and oxygen atoms in total. The van der Waals surface area contributed by atoms with E-state index in [1.807, 2.05) is 0 Å². The Labute approximate surface area is 57.1 Å². The van der Waals surface area contributed by atoms with Crippen LogP contribution in [-0.4, -0.2) is 11.2 Å². The van der Waals surface area contributed by atoms with Crippen molar-refractivity contribution in [2.75, 3.05) is 0 Å². The molecule has 0 aromatic heterocycles. The maximum Gasteiger partial charge on any atom is 0.0568 e. The number of aliphatic hydroxyl groups is 1. The lowest BCUT2D eigenvalue weighted by Gasteiger charge is -2.13. The van der Waals surface area contributed by atoms with E-state index >= 15 is 0 Å². The van der Waals surface area contributed by atoms with Gasteiger partial charge in [-0.1, -0.05) is 19.3 Å². The quantitative estimate of drug-likeness (QED) is 0.492. The second-order valence-electron chi connectivity index (χ2n) is 2.97. The highest BCUT2D eigenvalue weighted by Gasteiger charge is 2.16. The largest absolute Gasteiger partial charge is 0.393 e. The van der Waals surface area contributed by atoms with Gasteiger partial charge in [0.2, 0.25) is 0 Å². The van der Waals surface area contributed by atoms with Crippen LogP contribution in [0.3, 0.4) is 0 Å². The van der Waals surface area contributed by atoms with Crippen molar-refractivity contribution in [3.8, 4) is 0 Å². The van der Waals surface area contributed by atoms with Gasteiger partial charge >= 0.3 is 0 Å². The second-order valence-corrected chi connectivity index (χ2v) is 2.97. The van der Waals surface area contributed by atoms with Crippen LogP contribution in [0.25, 0.3) is 0 Å². The van der Waals surface area contributed by atoms with Gasteiger partial charge in [-0.25, -0.2) is 0 Å². The van der Waals surface area contributed by atoms with Gasteiger partial charge in [0.25, 0.3) is 0 Å². The first kappa shape index (κ1) is 7.07. The topological polar surface area (TPSA) is 20.2 Å². The lowest BCUT2D eigenvalue weighted by atomic mass is 10.0. The van der Waals surface area contributed by atoms with Crippen LogP contribution >= 0.6 is 0 Å². The number of hydrogen-bond acceptors (Lipinski definition) is 1. The summed E-state index contributed by atoms with van der Waals surface area (Å²) in [7, 11) is 0. The second kappa shape index (κ2) is 3.21. The van der Waals surface area contributed by atoms with Gasteiger partial charge in [-0.2, -0.15) is 0 Å². The average molecular weight is 127 g/mol. The molecule has 0 aromatic rings. The first-order valence-electron chi connectivity index (χ1n) is 3.82. The van der Waals surface area contributed by atoms with Gasteiger partial charge in [0.15, 0.2) is 0 Å². The fourth-order valence-corrected chi connectivity index (χ4v) is 1.36. The van der Waals surface area contributed by atoms with Crippen molar-refractivity contribution in [1.82, 2.24) is 0 Å². The zero-order valence-electron chi connectivity index (χ0n) is 5.84. The SMILES string of the molecule is [CH2]C1CCCCCC1O. The molecule has 0 aromatic carbocycles. The zero-order valence-corrected chi connectivity index (χ0v) is 5.84. The lowest BCUT2D eigenvalue weighted by molar-refractivity contribution is 0.122. The highest BCUT2D eigenvalue weighted by Crippen LogP contribution is 2.21. The standard InChI is InChI=1S/C8H15O/c1-7-5-3-2-4-6-8(7)9/h7-9H,1-6H2. The normalized spacial score (nSPS) is 38.0. The number of aliphatic hydroxyl groups excluding tert-OH is 1. The Hall–Kier alpha value is -0.0400. The Bertz CT molecular complexity index is 70.6. The molecule has 0 aliphatic heterocycles. The highest BCUT2D eigenvalue weighted by atomic mass is 16.3. The Morgan fingerprint density at radius 1 is 1.11 bits per heavy atom. The van der Waals surface area contributed by atoms with E-state index in [-0.39, 0.29) is 6.10 Å². The molecule has 1 heteroatoms. The molecule has 0 amide bonds. The van der Waals surface area contributed by atoms with E-state index in [0.717, 1.165) is 12.8 Å². The fourth-order valence-electron chi connectivity index (χ4n) is 1.36. The summed E-state index contributed by atoms with van der Waals surface area (Å²) in [6.45, 7) is 3.89. The monoisotopic (exact) mass is 127 g/mol. The van der Waals surface area contributed by atoms with Crippen molar-refractivity contribution >= 4 is 0 Å². The first-order valence-corrected chi connectivity index (χ1v) is 3.82. The third-order valence-corrected chi connectivity index (χ3v) is 2.12. The maximum absolute atomic E-state index is 9.30. The molecule has 1 fully saturated rings. The summed E-state index contributed by atoms with van der Waals surface area (Å²) in [6.07, 6.45) is 5.68. The third kappa shape index (κ3) is 1.98. The molecule has 9 heavy (non-hydrogen) atoms. The van der Waals surface area contributed by atoms with Crippen molar-refractivity contribution in [2.45, 2.75) is 38.2 Å². The summed E-state index contributed by atoms with van der Waals surface area (Å²) in [6, 6.07) is 0. The molecule has 0 bridgehead atoms. The Morgan fingerprint density at radius 2 is 1.78 bits per heavy atom. The van der Waals surface area contributed by atoms with Crippen LogP contribution < -0.4 is 0 Å². The molecule has 2 atom stereocenters. The van der Waals surface area contributed by atoms with Gasteiger partial charge in [0.05, 0.1) is 6.10 Å². The van der Waals surface area contributed by atoms with Gasteiger partial charge in [0.1, 0.15) is 0 Å². The lowest BCUT2D eigenvalue weighted by Crippen LogP contribution is -2.15. The summed E-state index contributed by atoms with van der Waals surface area (Å²) >= 11 is 0. The minimum Gasteiger partial charge on any atom is -0.393 e. The van der Waals surface area contributed by atoms with Crippen LogP contribution in [0.4, 0.5) is 0 Å². The van der Waals surface area contributed by atoms with Gasteiger partial charge in [-0.3, -0.25) is 0 Å². The third-order valence-electron chi connectivity index (χ3n) is 2.12. The van der Waals surface area contributed by atoms with Crippen molar-refractivity contribution in [3.63, 3.8) is 0 Å². The maximum atomic E-state index is 9.30. The molecule has 1 aliphatic rings. The van der Waals surface area contributed by atoms with Crippen LogP contribution in [0, 0.1) is 12.8 Å². The molecule has 1 rings (SSSR count). The molecule has 1 radical (unpaired) electrons. The van der Waals surface area contributed by atoms with Gasteiger partial charge < -0.3 is 5.11 Å². The predicted octanol–water partition coefficient (Wildman–Crippen LogP) is 1.76. The molecule has 53 valence electrons. The van der Waals surface area contributed by atoms with Gasteiger partial charge in [-0.15, -0.1) is 0 Å². The van der Waals surface area contributed by atoms with Crippen LogP contribution in [-0.2, 0) is 0 Å². The Balaban J connectivity index is 2.32. The van der Waals surface area contributed by atoms with E-state index in [2.05, 4.69) is 6.92 Å². The highest BCUT2D eigenvalue weighted by molar-refractivity contribution is 4.73. The van der Waals surface area contributed by atoms with Crippen LogP contribution in [0.2, 0.25) is 0 Å². The molecule has 0 spiro atoms. The van der Waals surface area contributed by atoms with Gasteiger partial charge in [-0.05, 0) is 25.7 Å². The summed E-state index contributed by atoms with van der Waals surface area (Å²) < 4.78 is 0. The smallest absolute Gasteiger partial charge is 0.0568 e. The number of rotatable bonds is 0. The summed E-state index contributed by atoms with van der Waals surface area (Å²) in [4.78, 5) is 0. The molecular formula is C8H15O. The average Bonchev–Trinajstić information content (AvgIpc) is 1.99. The first-order chi connectivity index (χ1) is 4.30.